The maximum Gasteiger partial charge on any atom is 0.319 e. The van der Waals surface area contributed by atoms with E-state index in [1.54, 1.807) is 28.8 Å². The third-order valence-corrected chi connectivity index (χ3v) is 4.40. The molecule has 3 amide bonds. The number of likely N-dealkylation sites (tertiary alicyclic amines) is 1. The van der Waals surface area contributed by atoms with Crippen molar-refractivity contribution in [1.29, 1.82) is 0 Å². The zero-order valence-electron chi connectivity index (χ0n) is 14.5. The number of carbonyl (C=O) groups excluding carboxylic acids is 2. The molecule has 2 rings (SSSR count). The van der Waals surface area contributed by atoms with Crippen LogP contribution in [0.25, 0.3) is 0 Å². The average molecular weight is 333 g/mol. The van der Waals surface area contributed by atoms with Crippen LogP contribution in [0.2, 0.25) is 0 Å². The normalized spacial score (nSPS) is 15.2. The summed E-state index contributed by atoms with van der Waals surface area (Å²) in [5.41, 5.74) is 1.06. The minimum Gasteiger partial charge on any atom is -0.395 e. The molecule has 0 unspecified atom stereocenters. The highest BCUT2D eigenvalue weighted by Gasteiger charge is 2.30. The van der Waals surface area contributed by atoms with Gasteiger partial charge in [0, 0.05) is 46.2 Å². The van der Waals surface area contributed by atoms with Gasteiger partial charge in [-0.25, -0.2) is 4.79 Å². The van der Waals surface area contributed by atoms with Gasteiger partial charge in [-0.1, -0.05) is 30.3 Å². The molecule has 1 aliphatic heterocycles. The predicted octanol–water partition coefficient (Wildman–Crippen LogP) is 1.40. The molecule has 6 heteroatoms. The SMILES string of the molecule is CN(C)C(=O)N1CCC(C(=O)N(CCO)Cc2ccccc2)CC1. The van der Waals surface area contributed by atoms with Crippen LogP contribution >= 0.6 is 0 Å². The zero-order valence-corrected chi connectivity index (χ0v) is 14.5. The summed E-state index contributed by atoms with van der Waals surface area (Å²) in [7, 11) is 3.48. The molecule has 1 N–H and O–H groups in total. The first kappa shape index (κ1) is 18.3. The number of amides is 3. The fourth-order valence-corrected chi connectivity index (χ4v) is 3.05. The van der Waals surface area contributed by atoms with E-state index in [0.29, 0.717) is 39.0 Å². The van der Waals surface area contributed by atoms with E-state index in [2.05, 4.69) is 0 Å². The molecule has 0 radical (unpaired) electrons. The van der Waals surface area contributed by atoms with Crippen molar-refractivity contribution in [3.63, 3.8) is 0 Å². The summed E-state index contributed by atoms with van der Waals surface area (Å²) in [5, 5.41) is 9.29. The molecule has 6 nitrogen and oxygen atoms in total. The number of hydrogen-bond donors (Lipinski definition) is 1. The molecule has 0 saturated carbocycles. The van der Waals surface area contributed by atoms with Gasteiger partial charge < -0.3 is 19.8 Å². The summed E-state index contributed by atoms with van der Waals surface area (Å²) in [6.45, 7) is 2.01. The van der Waals surface area contributed by atoms with Crippen molar-refractivity contribution in [2.75, 3.05) is 40.3 Å². The van der Waals surface area contributed by atoms with Crippen LogP contribution in [0.3, 0.4) is 0 Å². The molecule has 1 saturated heterocycles. The molecule has 1 aromatic rings. The summed E-state index contributed by atoms with van der Waals surface area (Å²) in [4.78, 5) is 29.9. The third kappa shape index (κ3) is 4.71. The molecule has 1 heterocycles. The van der Waals surface area contributed by atoms with Gasteiger partial charge in [0.2, 0.25) is 5.91 Å². The molecule has 24 heavy (non-hydrogen) atoms. The van der Waals surface area contributed by atoms with Crippen LogP contribution in [0.4, 0.5) is 4.79 Å². The first-order valence-electron chi connectivity index (χ1n) is 8.42. The standard InChI is InChI=1S/C18H27N3O3/c1-19(2)18(24)20-10-8-16(9-11-20)17(23)21(12-13-22)14-15-6-4-3-5-7-15/h3-7,16,22H,8-14H2,1-2H3. The monoisotopic (exact) mass is 333 g/mol. The van der Waals surface area contributed by atoms with Crippen LogP contribution in [0.15, 0.2) is 30.3 Å². The summed E-state index contributed by atoms with van der Waals surface area (Å²) >= 11 is 0. The molecule has 0 aromatic heterocycles. The summed E-state index contributed by atoms with van der Waals surface area (Å²) < 4.78 is 0. The number of rotatable bonds is 5. The summed E-state index contributed by atoms with van der Waals surface area (Å²) in [6, 6.07) is 9.80. The molecule has 0 aliphatic carbocycles. The van der Waals surface area contributed by atoms with Gasteiger partial charge in [0.05, 0.1) is 6.61 Å². The number of hydrogen-bond acceptors (Lipinski definition) is 3. The summed E-state index contributed by atoms with van der Waals surface area (Å²) in [6.07, 6.45) is 1.35. The maximum absolute atomic E-state index is 12.8. The Kier molecular flexibility index (Phi) is 6.61. The molecule has 0 spiro atoms. The quantitative estimate of drug-likeness (QED) is 0.886. The van der Waals surface area contributed by atoms with E-state index in [1.807, 2.05) is 30.3 Å². The van der Waals surface area contributed by atoms with Crippen LogP contribution in [0.1, 0.15) is 18.4 Å². The van der Waals surface area contributed by atoms with Gasteiger partial charge in [-0.15, -0.1) is 0 Å². The second kappa shape index (κ2) is 8.68. The Morgan fingerprint density at radius 2 is 1.79 bits per heavy atom. The van der Waals surface area contributed by atoms with Gasteiger partial charge in [0.1, 0.15) is 0 Å². The maximum atomic E-state index is 12.8. The van der Waals surface area contributed by atoms with Gasteiger partial charge in [0.15, 0.2) is 0 Å². The second-order valence-electron chi connectivity index (χ2n) is 6.41. The Bertz CT molecular complexity index is 540. The molecular formula is C18H27N3O3. The van der Waals surface area contributed by atoms with Gasteiger partial charge in [0.25, 0.3) is 0 Å². The van der Waals surface area contributed by atoms with E-state index in [4.69, 9.17) is 0 Å². The highest BCUT2D eigenvalue weighted by Crippen LogP contribution is 2.21. The van der Waals surface area contributed by atoms with Crippen molar-refractivity contribution >= 4 is 11.9 Å². The van der Waals surface area contributed by atoms with E-state index in [9.17, 15) is 14.7 Å². The van der Waals surface area contributed by atoms with Crippen molar-refractivity contribution in [3.05, 3.63) is 35.9 Å². The molecule has 0 atom stereocenters. The molecular weight excluding hydrogens is 306 g/mol. The van der Waals surface area contributed by atoms with Crippen molar-refractivity contribution in [2.24, 2.45) is 5.92 Å². The highest BCUT2D eigenvalue weighted by atomic mass is 16.3. The van der Waals surface area contributed by atoms with Crippen molar-refractivity contribution in [3.8, 4) is 0 Å². The number of benzene rings is 1. The van der Waals surface area contributed by atoms with Crippen LogP contribution in [-0.4, -0.2) is 72.1 Å². The molecule has 1 fully saturated rings. The van der Waals surface area contributed by atoms with Gasteiger partial charge in [-0.2, -0.15) is 0 Å². The fourth-order valence-electron chi connectivity index (χ4n) is 3.05. The number of aliphatic hydroxyl groups excluding tert-OH is 1. The minimum absolute atomic E-state index is 0.00241. The lowest BCUT2D eigenvalue weighted by molar-refractivity contribution is -0.138. The topological polar surface area (TPSA) is 64.1 Å². The minimum atomic E-state index is -0.0773. The predicted molar refractivity (Wildman–Crippen MR) is 92.3 cm³/mol. The number of nitrogens with zero attached hydrogens (tertiary/aromatic N) is 3. The van der Waals surface area contributed by atoms with E-state index >= 15 is 0 Å². The summed E-state index contributed by atoms with van der Waals surface area (Å²) in [5.74, 6) is -0.00340. The Morgan fingerprint density at radius 1 is 1.17 bits per heavy atom. The molecule has 1 aromatic carbocycles. The smallest absolute Gasteiger partial charge is 0.319 e. The number of carbonyl (C=O) groups is 2. The highest BCUT2D eigenvalue weighted by molar-refractivity contribution is 5.80. The van der Waals surface area contributed by atoms with Crippen LogP contribution in [0.5, 0.6) is 0 Å². The average Bonchev–Trinajstić information content (AvgIpc) is 2.61. The van der Waals surface area contributed by atoms with Crippen LogP contribution in [-0.2, 0) is 11.3 Å². The molecule has 132 valence electrons. The first-order chi connectivity index (χ1) is 11.5. The van der Waals surface area contributed by atoms with Crippen LogP contribution in [0, 0.1) is 5.92 Å². The zero-order chi connectivity index (χ0) is 17.5. The van der Waals surface area contributed by atoms with Crippen LogP contribution < -0.4 is 0 Å². The Balaban J connectivity index is 1.94. The second-order valence-corrected chi connectivity index (χ2v) is 6.41. The van der Waals surface area contributed by atoms with E-state index in [-0.39, 0.29) is 24.5 Å². The van der Waals surface area contributed by atoms with Gasteiger partial charge in [-0.3, -0.25) is 4.79 Å². The lowest BCUT2D eigenvalue weighted by atomic mass is 9.95. The fraction of sp³-hybridized carbons (Fsp3) is 0.556. The van der Waals surface area contributed by atoms with Crippen molar-refractivity contribution in [1.82, 2.24) is 14.7 Å². The number of piperidine rings is 1. The number of urea groups is 1. The van der Waals surface area contributed by atoms with E-state index in [0.717, 1.165) is 5.56 Å². The van der Waals surface area contributed by atoms with Crippen molar-refractivity contribution in [2.45, 2.75) is 19.4 Å². The number of aliphatic hydroxyl groups is 1. The van der Waals surface area contributed by atoms with E-state index in [1.165, 1.54) is 0 Å². The largest absolute Gasteiger partial charge is 0.395 e. The Labute approximate surface area is 143 Å². The lowest BCUT2D eigenvalue weighted by Gasteiger charge is -2.35. The first-order valence-corrected chi connectivity index (χ1v) is 8.42. The third-order valence-electron chi connectivity index (χ3n) is 4.40. The van der Waals surface area contributed by atoms with Gasteiger partial charge >= 0.3 is 6.03 Å². The Hall–Kier alpha value is -2.08. The molecule has 0 bridgehead atoms. The van der Waals surface area contributed by atoms with Gasteiger partial charge in [-0.05, 0) is 18.4 Å². The van der Waals surface area contributed by atoms with E-state index < -0.39 is 0 Å². The Morgan fingerprint density at radius 3 is 2.33 bits per heavy atom. The molecule has 1 aliphatic rings. The lowest BCUT2D eigenvalue weighted by Crippen LogP contribution is -2.47. The van der Waals surface area contributed by atoms with Crippen molar-refractivity contribution < 1.29 is 14.7 Å².